The topological polar surface area (TPSA) is 40.9 Å². The van der Waals surface area contributed by atoms with Gasteiger partial charge in [0, 0.05) is 6.42 Å². The first-order valence-corrected chi connectivity index (χ1v) is 4.84. The first-order chi connectivity index (χ1) is 7.22. The first kappa shape index (κ1) is 11.2. The molecule has 0 fully saturated rings. The van der Waals surface area contributed by atoms with Crippen molar-refractivity contribution in [2.75, 3.05) is 0 Å². The van der Waals surface area contributed by atoms with Crippen LogP contribution in [0.5, 0.6) is 0 Å². The monoisotopic (exact) mass is 199 g/mol. The number of ketones is 1. The van der Waals surface area contributed by atoms with E-state index < -0.39 is 0 Å². The van der Waals surface area contributed by atoms with Crippen molar-refractivity contribution >= 4 is 11.9 Å². The van der Waals surface area contributed by atoms with Crippen LogP contribution in [0, 0.1) is 11.3 Å². The molecule has 0 amide bonds. The molecule has 0 unspecified atom stereocenters. The SMILES string of the molecule is CC(=O)Cc1cccc(C=CCC#N)c1. The van der Waals surface area contributed by atoms with Crippen molar-refractivity contribution in [2.24, 2.45) is 0 Å². The quantitative estimate of drug-likeness (QED) is 0.748. The number of hydrogen-bond donors (Lipinski definition) is 0. The van der Waals surface area contributed by atoms with Crippen LogP contribution in [0.15, 0.2) is 30.3 Å². The summed E-state index contributed by atoms with van der Waals surface area (Å²) in [5.41, 5.74) is 2.05. The summed E-state index contributed by atoms with van der Waals surface area (Å²) in [5.74, 6) is 0.160. The number of allylic oxidation sites excluding steroid dienone is 1. The molecule has 1 rings (SSSR count). The molecule has 0 N–H and O–H groups in total. The normalized spacial score (nSPS) is 10.1. The van der Waals surface area contributed by atoms with Gasteiger partial charge in [-0.15, -0.1) is 0 Å². The number of nitrogens with zero attached hydrogens (tertiary/aromatic N) is 1. The van der Waals surface area contributed by atoms with Crippen LogP contribution in [-0.4, -0.2) is 5.78 Å². The molecule has 0 atom stereocenters. The Labute approximate surface area is 89.9 Å². The van der Waals surface area contributed by atoms with Crippen molar-refractivity contribution in [1.29, 1.82) is 5.26 Å². The smallest absolute Gasteiger partial charge is 0.134 e. The fraction of sp³-hybridized carbons (Fsp3) is 0.231. The minimum absolute atomic E-state index is 0.160. The van der Waals surface area contributed by atoms with Crippen molar-refractivity contribution in [2.45, 2.75) is 19.8 Å². The largest absolute Gasteiger partial charge is 0.300 e. The van der Waals surface area contributed by atoms with E-state index in [2.05, 4.69) is 0 Å². The second kappa shape index (κ2) is 5.77. The Bertz CT molecular complexity index is 413. The highest BCUT2D eigenvalue weighted by atomic mass is 16.1. The van der Waals surface area contributed by atoms with Crippen molar-refractivity contribution < 1.29 is 4.79 Å². The molecule has 0 radical (unpaired) electrons. The zero-order chi connectivity index (χ0) is 11.1. The van der Waals surface area contributed by atoms with Crippen LogP contribution >= 0.6 is 0 Å². The number of rotatable bonds is 4. The summed E-state index contributed by atoms with van der Waals surface area (Å²) >= 11 is 0. The van der Waals surface area contributed by atoms with Crippen molar-refractivity contribution in [3.8, 4) is 6.07 Å². The minimum Gasteiger partial charge on any atom is -0.300 e. The predicted octanol–water partition coefficient (Wildman–Crippen LogP) is 2.74. The number of carbonyl (C=O) groups excluding carboxylic acids is 1. The van der Waals surface area contributed by atoms with Gasteiger partial charge in [-0.1, -0.05) is 36.4 Å². The maximum atomic E-state index is 10.9. The van der Waals surface area contributed by atoms with E-state index in [1.54, 1.807) is 6.92 Å². The highest BCUT2D eigenvalue weighted by Gasteiger charge is 1.97. The average Bonchev–Trinajstić information content (AvgIpc) is 2.18. The molecular formula is C13H13NO. The molecule has 0 aliphatic heterocycles. The van der Waals surface area contributed by atoms with Gasteiger partial charge in [-0.05, 0) is 18.1 Å². The summed E-state index contributed by atoms with van der Waals surface area (Å²) in [5, 5.41) is 8.37. The third kappa shape index (κ3) is 4.24. The Hall–Kier alpha value is -1.88. The average molecular weight is 199 g/mol. The van der Waals surface area contributed by atoms with Gasteiger partial charge in [-0.25, -0.2) is 0 Å². The molecule has 2 nitrogen and oxygen atoms in total. The molecule has 1 aromatic carbocycles. The molecule has 76 valence electrons. The van der Waals surface area contributed by atoms with Gasteiger partial charge in [-0.2, -0.15) is 5.26 Å². The van der Waals surface area contributed by atoms with Gasteiger partial charge >= 0.3 is 0 Å². The molecule has 0 saturated heterocycles. The fourth-order valence-electron chi connectivity index (χ4n) is 1.34. The highest BCUT2D eigenvalue weighted by molar-refractivity contribution is 5.78. The zero-order valence-electron chi connectivity index (χ0n) is 8.73. The maximum Gasteiger partial charge on any atom is 0.134 e. The number of Topliss-reactive ketones (excluding diaryl/α,β-unsaturated/α-hetero) is 1. The van der Waals surface area contributed by atoms with E-state index in [1.807, 2.05) is 42.5 Å². The number of benzene rings is 1. The van der Waals surface area contributed by atoms with Gasteiger partial charge in [0.25, 0.3) is 0 Å². The lowest BCUT2D eigenvalue weighted by Gasteiger charge is -1.99. The number of hydrogen-bond acceptors (Lipinski definition) is 2. The molecule has 1 aromatic rings. The molecule has 0 aromatic heterocycles. The molecule has 2 heteroatoms. The van der Waals surface area contributed by atoms with Crippen LogP contribution < -0.4 is 0 Å². The van der Waals surface area contributed by atoms with Crippen LogP contribution in [0.2, 0.25) is 0 Å². The van der Waals surface area contributed by atoms with Gasteiger partial charge in [0.1, 0.15) is 5.78 Å². The molecular weight excluding hydrogens is 186 g/mol. The molecule has 0 saturated carbocycles. The Morgan fingerprint density at radius 1 is 1.53 bits per heavy atom. The summed E-state index contributed by atoms with van der Waals surface area (Å²) in [6, 6.07) is 9.82. The van der Waals surface area contributed by atoms with Gasteiger partial charge in [0.15, 0.2) is 0 Å². The third-order valence-corrected chi connectivity index (χ3v) is 1.92. The van der Waals surface area contributed by atoms with Crippen LogP contribution in [0.3, 0.4) is 0 Å². The third-order valence-electron chi connectivity index (χ3n) is 1.92. The molecule has 0 heterocycles. The van der Waals surface area contributed by atoms with E-state index >= 15 is 0 Å². The lowest BCUT2D eigenvalue weighted by atomic mass is 10.1. The van der Waals surface area contributed by atoms with Crippen LogP contribution in [0.25, 0.3) is 6.08 Å². The van der Waals surface area contributed by atoms with Gasteiger partial charge in [-0.3, -0.25) is 4.79 Å². The van der Waals surface area contributed by atoms with E-state index in [4.69, 9.17) is 5.26 Å². The van der Waals surface area contributed by atoms with E-state index in [0.29, 0.717) is 12.8 Å². The van der Waals surface area contributed by atoms with Crippen LogP contribution in [0.1, 0.15) is 24.5 Å². The second-order valence-electron chi connectivity index (χ2n) is 3.39. The summed E-state index contributed by atoms with van der Waals surface area (Å²) in [6.07, 6.45) is 4.59. The highest BCUT2D eigenvalue weighted by Crippen LogP contribution is 2.08. The fourth-order valence-corrected chi connectivity index (χ4v) is 1.34. The minimum atomic E-state index is 0.160. The van der Waals surface area contributed by atoms with E-state index in [9.17, 15) is 4.79 Å². The van der Waals surface area contributed by atoms with Crippen LogP contribution in [-0.2, 0) is 11.2 Å². The number of carbonyl (C=O) groups is 1. The predicted molar refractivity (Wildman–Crippen MR) is 60.1 cm³/mol. The van der Waals surface area contributed by atoms with Crippen LogP contribution in [0.4, 0.5) is 0 Å². The van der Waals surface area contributed by atoms with E-state index in [0.717, 1.165) is 11.1 Å². The Balaban J connectivity index is 2.74. The molecule has 0 aliphatic rings. The molecule has 0 bridgehead atoms. The maximum absolute atomic E-state index is 10.9. The summed E-state index contributed by atoms with van der Waals surface area (Å²) < 4.78 is 0. The van der Waals surface area contributed by atoms with Crippen molar-refractivity contribution in [3.05, 3.63) is 41.5 Å². The molecule has 0 spiro atoms. The Morgan fingerprint density at radius 3 is 3.00 bits per heavy atom. The molecule has 15 heavy (non-hydrogen) atoms. The van der Waals surface area contributed by atoms with Crippen molar-refractivity contribution in [3.63, 3.8) is 0 Å². The van der Waals surface area contributed by atoms with Crippen molar-refractivity contribution in [1.82, 2.24) is 0 Å². The summed E-state index contributed by atoms with van der Waals surface area (Å²) in [4.78, 5) is 10.9. The summed E-state index contributed by atoms with van der Waals surface area (Å²) in [6.45, 7) is 1.58. The van der Waals surface area contributed by atoms with E-state index in [-0.39, 0.29) is 5.78 Å². The Kier molecular flexibility index (Phi) is 4.30. The summed E-state index contributed by atoms with van der Waals surface area (Å²) in [7, 11) is 0. The number of nitriles is 1. The van der Waals surface area contributed by atoms with E-state index in [1.165, 1.54) is 0 Å². The van der Waals surface area contributed by atoms with Gasteiger partial charge < -0.3 is 0 Å². The zero-order valence-corrected chi connectivity index (χ0v) is 8.73. The Morgan fingerprint density at radius 2 is 2.33 bits per heavy atom. The van der Waals surface area contributed by atoms with Gasteiger partial charge in [0.2, 0.25) is 0 Å². The lowest BCUT2D eigenvalue weighted by Crippen LogP contribution is -1.95. The first-order valence-electron chi connectivity index (χ1n) is 4.84. The molecule has 0 aliphatic carbocycles. The van der Waals surface area contributed by atoms with Gasteiger partial charge in [0.05, 0.1) is 12.5 Å². The standard InChI is InChI=1S/C13H13NO/c1-11(15)9-13-7-4-6-12(10-13)5-2-3-8-14/h2,4-7,10H,3,9H2,1H3. The second-order valence-corrected chi connectivity index (χ2v) is 3.39. The lowest BCUT2D eigenvalue weighted by molar-refractivity contribution is -0.116.